The maximum Gasteiger partial charge on any atom is 0.412 e. The van der Waals surface area contributed by atoms with Crippen molar-refractivity contribution in [1.29, 1.82) is 0 Å². The molecule has 3 amide bonds. The molecule has 5 heterocycles. The molecule has 3 aromatic rings. The molecule has 0 radical (unpaired) electrons. The van der Waals surface area contributed by atoms with Gasteiger partial charge in [-0.1, -0.05) is 30.3 Å². The molecule has 6 rings (SSSR count). The highest BCUT2D eigenvalue weighted by Crippen LogP contribution is 2.39. The zero-order valence-corrected chi connectivity index (χ0v) is 24.0. The lowest BCUT2D eigenvalue weighted by atomic mass is 10.1. The first kappa shape index (κ1) is 29.6. The number of ether oxygens (including phenoxy) is 3. The second kappa shape index (κ2) is 11.6. The number of aromatic nitrogens is 2. The van der Waals surface area contributed by atoms with Crippen molar-refractivity contribution in [3.05, 3.63) is 72.1 Å². The highest BCUT2D eigenvalue weighted by molar-refractivity contribution is 6.05. The number of nitrogens with zero attached hydrogens (tertiary/aromatic N) is 4. The quantitative estimate of drug-likeness (QED) is 0.396. The largest absolute Gasteiger partial charge is 0.491 e. The Hall–Kier alpha value is -4.43. The van der Waals surface area contributed by atoms with Gasteiger partial charge in [0.15, 0.2) is 17.6 Å². The molecule has 0 aliphatic carbocycles. The average Bonchev–Trinajstić information content (AvgIpc) is 3.57. The SMILES string of the molecule is CC1(C)OC[C@H](COc2ccnc(NC(=O)N3c4nc(C(=O)NC(c5ccccc5)C(F)(F)F)ccc4N4CC[C@H]3C4)c2)O1. The average molecular weight is 613 g/mol. The summed E-state index contributed by atoms with van der Waals surface area (Å²) in [6.07, 6.45) is -2.84. The Labute approximate surface area is 251 Å². The fourth-order valence-electron chi connectivity index (χ4n) is 5.58. The molecular formula is C30H31F3N6O5. The van der Waals surface area contributed by atoms with Crippen molar-refractivity contribution >= 4 is 29.3 Å². The number of benzene rings is 1. The molecule has 14 heteroatoms. The lowest BCUT2D eigenvalue weighted by Crippen LogP contribution is -2.48. The number of hydrogen-bond acceptors (Lipinski definition) is 8. The molecule has 3 atom stereocenters. The minimum atomic E-state index is -4.73. The molecule has 232 valence electrons. The Morgan fingerprint density at radius 1 is 1.16 bits per heavy atom. The Bertz CT molecular complexity index is 1540. The fourth-order valence-corrected chi connectivity index (χ4v) is 5.58. The van der Waals surface area contributed by atoms with E-state index in [1.165, 1.54) is 41.4 Å². The standard InChI is InChI=1S/C30H31F3N6O5/c1-29(2)43-17-21(44-29)16-42-20-10-12-34-24(14-20)36-28(41)39-19-11-13-38(15-19)23-9-8-22(35-26(23)39)27(40)37-25(30(31,32)33)18-6-4-3-5-7-18/h3-10,12,14,19,21,25H,11,13,15-17H2,1-2H3,(H,37,40)(H,34,36,41)/t19-,21-,25?/m0/s1. The van der Waals surface area contributed by atoms with Crippen molar-refractivity contribution in [3.63, 3.8) is 0 Å². The maximum atomic E-state index is 13.9. The number of pyridine rings is 2. The minimum Gasteiger partial charge on any atom is -0.491 e. The highest BCUT2D eigenvalue weighted by atomic mass is 19.4. The second-order valence-corrected chi connectivity index (χ2v) is 11.2. The predicted octanol–water partition coefficient (Wildman–Crippen LogP) is 4.67. The molecule has 2 bridgehead atoms. The minimum absolute atomic E-state index is 0.108. The van der Waals surface area contributed by atoms with Crippen LogP contribution in [0.15, 0.2) is 60.8 Å². The van der Waals surface area contributed by atoms with Crippen molar-refractivity contribution in [2.45, 2.75) is 50.4 Å². The first-order chi connectivity index (χ1) is 21.0. The molecule has 1 unspecified atom stereocenters. The number of halogens is 3. The van der Waals surface area contributed by atoms with Gasteiger partial charge in [-0.15, -0.1) is 0 Å². The number of anilines is 3. The van der Waals surface area contributed by atoms with Gasteiger partial charge in [-0.25, -0.2) is 14.8 Å². The van der Waals surface area contributed by atoms with Crippen LogP contribution in [0.4, 0.5) is 35.3 Å². The Balaban J connectivity index is 1.19. The van der Waals surface area contributed by atoms with E-state index in [1.807, 2.05) is 18.7 Å². The number of hydrogen-bond donors (Lipinski definition) is 2. The van der Waals surface area contributed by atoms with E-state index < -0.39 is 29.9 Å². The monoisotopic (exact) mass is 612 g/mol. The summed E-state index contributed by atoms with van der Waals surface area (Å²) in [7, 11) is 0. The van der Waals surface area contributed by atoms with Gasteiger partial charge in [0.2, 0.25) is 0 Å². The number of carbonyl (C=O) groups excluding carboxylic acids is 2. The first-order valence-electron chi connectivity index (χ1n) is 14.2. The van der Waals surface area contributed by atoms with Gasteiger partial charge in [0.25, 0.3) is 5.91 Å². The topological polar surface area (TPSA) is 118 Å². The van der Waals surface area contributed by atoms with Crippen LogP contribution in [0.25, 0.3) is 0 Å². The van der Waals surface area contributed by atoms with Crippen molar-refractivity contribution < 1.29 is 37.0 Å². The zero-order chi connectivity index (χ0) is 31.1. The number of amides is 3. The lowest BCUT2D eigenvalue weighted by Gasteiger charge is -2.35. The van der Waals surface area contributed by atoms with Gasteiger partial charge in [0, 0.05) is 25.4 Å². The van der Waals surface area contributed by atoms with E-state index >= 15 is 0 Å². The van der Waals surface area contributed by atoms with Crippen molar-refractivity contribution in [2.24, 2.45) is 0 Å². The van der Waals surface area contributed by atoms with Gasteiger partial charge in [-0.3, -0.25) is 15.0 Å². The Morgan fingerprint density at radius 2 is 1.95 bits per heavy atom. The molecule has 3 aliphatic heterocycles. The Morgan fingerprint density at radius 3 is 2.68 bits per heavy atom. The van der Waals surface area contributed by atoms with Crippen LogP contribution in [0, 0.1) is 0 Å². The Kier molecular flexibility index (Phi) is 7.80. The van der Waals surface area contributed by atoms with E-state index in [0.717, 1.165) is 0 Å². The van der Waals surface area contributed by atoms with Gasteiger partial charge in [-0.2, -0.15) is 13.2 Å². The molecule has 3 aliphatic rings. The predicted molar refractivity (Wildman–Crippen MR) is 154 cm³/mol. The van der Waals surface area contributed by atoms with E-state index in [0.29, 0.717) is 37.6 Å². The van der Waals surface area contributed by atoms with E-state index in [-0.39, 0.29) is 41.6 Å². The van der Waals surface area contributed by atoms with Crippen LogP contribution in [0.1, 0.15) is 42.4 Å². The second-order valence-electron chi connectivity index (χ2n) is 11.2. The summed E-state index contributed by atoms with van der Waals surface area (Å²) in [6, 6.07) is 10.3. The highest BCUT2D eigenvalue weighted by Gasteiger charge is 2.43. The number of urea groups is 1. The summed E-state index contributed by atoms with van der Waals surface area (Å²) in [6.45, 7) is 5.49. The van der Waals surface area contributed by atoms with Crippen molar-refractivity contribution in [2.75, 3.05) is 41.4 Å². The molecule has 0 spiro atoms. The van der Waals surface area contributed by atoms with E-state index in [1.54, 1.807) is 24.3 Å². The third-order valence-corrected chi connectivity index (χ3v) is 7.61. The molecule has 0 saturated carbocycles. The summed E-state index contributed by atoms with van der Waals surface area (Å²) in [5.41, 5.74) is 0.250. The van der Waals surface area contributed by atoms with E-state index in [9.17, 15) is 22.8 Å². The summed E-state index contributed by atoms with van der Waals surface area (Å²) >= 11 is 0. The lowest BCUT2D eigenvalue weighted by molar-refractivity contribution is -0.155. The van der Waals surface area contributed by atoms with Crippen molar-refractivity contribution in [3.8, 4) is 5.75 Å². The third kappa shape index (κ3) is 6.26. The van der Waals surface area contributed by atoms with Gasteiger partial charge >= 0.3 is 12.2 Å². The maximum absolute atomic E-state index is 13.9. The van der Waals surface area contributed by atoms with Gasteiger partial charge in [-0.05, 0) is 44.0 Å². The molecule has 2 fully saturated rings. The molecule has 44 heavy (non-hydrogen) atoms. The van der Waals surface area contributed by atoms with Crippen molar-refractivity contribution in [1.82, 2.24) is 15.3 Å². The molecular weight excluding hydrogens is 581 g/mol. The van der Waals surface area contributed by atoms with E-state index in [2.05, 4.69) is 20.6 Å². The van der Waals surface area contributed by atoms with Crippen LogP contribution in [0.5, 0.6) is 5.75 Å². The zero-order valence-electron chi connectivity index (χ0n) is 24.0. The number of nitrogens with one attached hydrogen (secondary N) is 2. The molecule has 2 aromatic heterocycles. The number of carbonyl (C=O) groups is 2. The van der Waals surface area contributed by atoms with Crippen LogP contribution in [-0.2, 0) is 9.47 Å². The van der Waals surface area contributed by atoms with E-state index in [4.69, 9.17) is 14.2 Å². The normalized spacial score (nSPS) is 21.0. The summed E-state index contributed by atoms with van der Waals surface area (Å²) in [5, 5.41) is 4.83. The summed E-state index contributed by atoms with van der Waals surface area (Å²) in [5.74, 6) is -0.824. The first-order valence-corrected chi connectivity index (χ1v) is 14.2. The molecule has 2 N–H and O–H groups in total. The van der Waals surface area contributed by atoms with Gasteiger partial charge in [0.05, 0.1) is 18.3 Å². The smallest absolute Gasteiger partial charge is 0.412 e. The molecule has 2 saturated heterocycles. The summed E-state index contributed by atoms with van der Waals surface area (Å²) in [4.78, 5) is 38.8. The van der Waals surface area contributed by atoms with Gasteiger partial charge in [0.1, 0.15) is 30.0 Å². The van der Waals surface area contributed by atoms with Crippen LogP contribution < -0.4 is 25.2 Å². The number of fused-ring (bicyclic) bond motifs is 4. The van der Waals surface area contributed by atoms with Crippen LogP contribution in [0.2, 0.25) is 0 Å². The van der Waals surface area contributed by atoms with Crippen LogP contribution >= 0.6 is 0 Å². The third-order valence-electron chi connectivity index (χ3n) is 7.61. The number of alkyl halides is 3. The van der Waals surface area contributed by atoms with Crippen LogP contribution in [-0.4, -0.2) is 72.3 Å². The van der Waals surface area contributed by atoms with Crippen LogP contribution in [0.3, 0.4) is 0 Å². The fraction of sp³-hybridized carbons (Fsp3) is 0.400. The van der Waals surface area contributed by atoms with Gasteiger partial charge < -0.3 is 24.4 Å². The molecule has 1 aromatic carbocycles. The number of rotatable bonds is 7. The molecule has 11 nitrogen and oxygen atoms in total. The summed E-state index contributed by atoms with van der Waals surface area (Å²) < 4.78 is 58.8.